The number of nitrogens with zero attached hydrogens (tertiary/aromatic N) is 1. The van der Waals surface area contributed by atoms with Gasteiger partial charge in [-0.1, -0.05) is 25.3 Å². The molecule has 0 aromatic rings. The largest absolute Gasteiger partial charge is 0.350 e. The molecule has 0 bridgehead atoms. The summed E-state index contributed by atoms with van der Waals surface area (Å²) in [6, 6.07) is -0.628. The standard InChI is InChI=1S/C10H17N3O/c1-2-10(6-4-3-5-7-10)8-12-13-9(11)14/h2,8H,1,3-7H2,(H3,11,13,14). The van der Waals surface area contributed by atoms with Crippen LogP contribution in [0, 0.1) is 5.41 Å². The third kappa shape index (κ3) is 2.87. The Morgan fingerprint density at radius 1 is 1.43 bits per heavy atom. The highest BCUT2D eigenvalue weighted by atomic mass is 16.2. The van der Waals surface area contributed by atoms with E-state index in [9.17, 15) is 4.79 Å². The molecule has 4 nitrogen and oxygen atoms in total. The lowest BCUT2D eigenvalue weighted by Gasteiger charge is -2.30. The molecule has 1 aliphatic carbocycles. The maximum Gasteiger partial charge on any atom is 0.332 e. The van der Waals surface area contributed by atoms with Crippen LogP contribution in [0.4, 0.5) is 4.79 Å². The number of carbonyl (C=O) groups excluding carboxylic acids is 1. The van der Waals surface area contributed by atoms with E-state index >= 15 is 0 Å². The first kappa shape index (κ1) is 10.8. The number of rotatable bonds is 3. The van der Waals surface area contributed by atoms with Crippen LogP contribution in [0.1, 0.15) is 32.1 Å². The highest BCUT2D eigenvalue weighted by Gasteiger charge is 2.26. The summed E-state index contributed by atoms with van der Waals surface area (Å²) in [6.07, 6.45) is 9.43. The number of carbonyl (C=O) groups is 1. The number of allylic oxidation sites excluding steroid dienone is 1. The predicted molar refractivity (Wildman–Crippen MR) is 56.9 cm³/mol. The molecule has 0 heterocycles. The molecule has 0 aliphatic heterocycles. The zero-order valence-electron chi connectivity index (χ0n) is 8.33. The normalized spacial score (nSPS) is 20.6. The van der Waals surface area contributed by atoms with Gasteiger partial charge in [-0.2, -0.15) is 5.10 Å². The summed E-state index contributed by atoms with van der Waals surface area (Å²) in [5.41, 5.74) is 7.07. The average molecular weight is 195 g/mol. The minimum atomic E-state index is -0.628. The number of nitrogens with one attached hydrogen (secondary N) is 1. The van der Waals surface area contributed by atoms with Crippen molar-refractivity contribution < 1.29 is 4.79 Å². The summed E-state index contributed by atoms with van der Waals surface area (Å²) in [7, 11) is 0. The molecule has 1 rings (SSSR count). The van der Waals surface area contributed by atoms with E-state index in [0.29, 0.717) is 0 Å². The molecule has 0 saturated heterocycles. The summed E-state index contributed by atoms with van der Waals surface area (Å²) in [6.45, 7) is 3.82. The first-order valence-electron chi connectivity index (χ1n) is 4.92. The van der Waals surface area contributed by atoms with Crippen LogP contribution < -0.4 is 11.2 Å². The number of amides is 2. The molecule has 78 valence electrons. The van der Waals surface area contributed by atoms with Crippen LogP contribution in [0.2, 0.25) is 0 Å². The summed E-state index contributed by atoms with van der Waals surface area (Å²) in [5.74, 6) is 0. The van der Waals surface area contributed by atoms with Crippen molar-refractivity contribution in [1.82, 2.24) is 5.43 Å². The van der Waals surface area contributed by atoms with Gasteiger partial charge in [-0.05, 0) is 12.8 Å². The number of hydrazone groups is 1. The Bertz CT molecular complexity index is 242. The fourth-order valence-corrected chi connectivity index (χ4v) is 1.82. The van der Waals surface area contributed by atoms with Gasteiger partial charge < -0.3 is 5.73 Å². The molecule has 3 N–H and O–H groups in total. The quantitative estimate of drug-likeness (QED) is 0.402. The third-order valence-corrected chi connectivity index (χ3v) is 2.69. The maximum absolute atomic E-state index is 10.4. The van der Waals surface area contributed by atoms with Crippen molar-refractivity contribution in [2.24, 2.45) is 16.3 Å². The van der Waals surface area contributed by atoms with Crippen molar-refractivity contribution in [1.29, 1.82) is 0 Å². The molecule has 0 aromatic carbocycles. The maximum atomic E-state index is 10.4. The van der Waals surface area contributed by atoms with Crippen molar-refractivity contribution in [2.75, 3.05) is 0 Å². The van der Waals surface area contributed by atoms with Crippen molar-refractivity contribution >= 4 is 12.2 Å². The van der Waals surface area contributed by atoms with Gasteiger partial charge in [0.25, 0.3) is 0 Å². The monoisotopic (exact) mass is 195 g/mol. The Labute approximate surface area is 84.2 Å². The van der Waals surface area contributed by atoms with E-state index < -0.39 is 6.03 Å². The van der Waals surface area contributed by atoms with E-state index in [-0.39, 0.29) is 5.41 Å². The second kappa shape index (κ2) is 4.79. The summed E-state index contributed by atoms with van der Waals surface area (Å²) in [4.78, 5) is 10.4. The second-order valence-corrected chi connectivity index (χ2v) is 3.73. The molecule has 4 heteroatoms. The van der Waals surface area contributed by atoms with Crippen LogP contribution in [0.3, 0.4) is 0 Å². The molecule has 2 amide bonds. The van der Waals surface area contributed by atoms with Crippen LogP contribution in [-0.4, -0.2) is 12.2 Å². The van der Waals surface area contributed by atoms with E-state index in [4.69, 9.17) is 5.73 Å². The van der Waals surface area contributed by atoms with Crippen molar-refractivity contribution in [2.45, 2.75) is 32.1 Å². The van der Waals surface area contributed by atoms with Gasteiger partial charge in [-0.25, -0.2) is 10.2 Å². The van der Waals surface area contributed by atoms with Gasteiger partial charge in [0.15, 0.2) is 0 Å². The summed E-state index contributed by atoms with van der Waals surface area (Å²) < 4.78 is 0. The molecule has 0 atom stereocenters. The fraction of sp³-hybridized carbons (Fsp3) is 0.600. The van der Waals surface area contributed by atoms with Gasteiger partial charge in [0, 0.05) is 11.6 Å². The lowest BCUT2D eigenvalue weighted by molar-refractivity contribution is 0.249. The Morgan fingerprint density at radius 2 is 2.07 bits per heavy atom. The first-order valence-corrected chi connectivity index (χ1v) is 4.92. The van der Waals surface area contributed by atoms with Gasteiger partial charge in [-0.3, -0.25) is 0 Å². The molecule has 0 spiro atoms. The molecule has 1 saturated carbocycles. The van der Waals surface area contributed by atoms with E-state index in [1.54, 1.807) is 6.21 Å². The molecular formula is C10H17N3O. The molecule has 14 heavy (non-hydrogen) atoms. The molecule has 0 aromatic heterocycles. The second-order valence-electron chi connectivity index (χ2n) is 3.73. The molecule has 1 aliphatic rings. The van der Waals surface area contributed by atoms with Gasteiger partial charge in [0.2, 0.25) is 0 Å². The lowest BCUT2D eigenvalue weighted by atomic mass is 9.75. The minimum absolute atomic E-state index is 0.0410. The number of primary amides is 1. The van der Waals surface area contributed by atoms with Gasteiger partial charge in [-0.15, -0.1) is 6.58 Å². The van der Waals surface area contributed by atoms with Crippen molar-refractivity contribution in [3.8, 4) is 0 Å². The van der Waals surface area contributed by atoms with Gasteiger partial charge >= 0.3 is 6.03 Å². The predicted octanol–water partition coefficient (Wildman–Crippen LogP) is 1.78. The summed E-state index contributed by atoms with van der Waals surface area (Å²) in [5, 5.41) is 3.82. The minimum Gasteiger partial charge on any atom is -0.350 e. The van der Waals surface area contributed by atoms with Crippen molar-refractivity contribution in [3.63, 3.8) is 0 Å². The van der Waals surface area contributed by atoms with Crippen LogP contribution in [0.5, 0.6) is 0 Å². The van der Waals surface area contributed by atoms with Crippen LogP contribution in [0.15, 0.2) is 17.8 Å². The number of hydrogen-bond donors (Lipinski definition) is 2. The summed E-state index contributed by atoms with van der Waals surface area (Å²) >= 11 is 0. The number of urea groups is 1. The van der Waals surface area contributed by atoms with Crippen LogP contribution in [0.25, 0.3) is 0 Å². The van der Waals surface area contributed by atoms with E-state index in [1.165, 1.54) is 19.3 Å². The topological polar surface area (TPSA) is 67.5 Å². The SMILES string of the molecule is C=CC1(C=NNC(N)=O)CCCCC1. The number of nitrogens with two attached hydrogens (primary N) is 1. The fourth-order valence-electron chi connectivity index (χ4n) is 1.82. The van der Waals surface area contributed by atoms with E-state index in [0.717, 1.165) is 12.8 Å². The first-order chi connectivity index (χ1) is 6.68. The average Bonchev–Trinajstić information content (AvgIpc) is 2.19. The van der Waals surface area contributed by atoms with Crippen LogP contribution in [-0.2, 0) is 0 Å². The zero-order valence-corrected chi connectivity index (χ0v) is 8.33. The highest BCUT2D eigenvalue weighted by Crippen LogP contribution is 2.35. The van der Waals surface area contributed by atoms with Gasteiger partial charge in [0.1, 0.15) is 0 Å². The zero-order chi connectivity index (χ0) is 10.4. The van der Waals surface area contributed by atoms with Crippen molar-refractivity contribution in [3.05, 3.63) is 12.7 Å². The van der Waals surface area contributed by atoms with Gasteiger partial charge in [0.05, 0.1) is 0 Å². The molecular weight excluding hydrogens is 178 g/mol. The Kier molecular flexibility index (Phi) is 3.68. The molecule has 0 radical (unpaired) electrons. The van der Waals surface area contributed by atoms with E-state index in [2.05, 4.69) is 17.1 Å². The highest BCUT2D eigenvalue weighted by molar-refractivity contribution is 5.74. The Hall–Kier alpha value is -1.32. The third-order valence-electron chi connectivity index (χ3n) is 2.69. The molecule has 1 fully saturated rings. The molecule has 0 unspecified atom stereocenters. The lowest BCUT2D eigenvalue weighted by Crippen LogP contribution is -2.28. The smallest absolute Gasteiger partial charge is 0.332 e. The number of hydrogen-bond acceptors (Lipinski definition) is 2. The van der Waals surface area contributed by atoms with E-state index in [1.807, 2.05) is 6.08 Å². The van der Waals surface area contributed by atoms with Crippen LogP contribution >= 0.6 is 0 Å². The Balaban J connectivity index is 2.55. The Morgan fingerprint density at radius 3 is 2.57 bits per heavy atom.